The summed E-state index contributed by atoms with van der Waals surface area (Å²) >= 11 is 1.59. The van der Waals surface area contributed by atoms with Crippen LogP contribution in [0.1, 0.15) is 0 Å². The molecule has 4 rings (SSSR count). The molecule has 22 heavy (non-hydrogen) atoms. The van der Waals surface area contributed by atoms with Crippen LogP contribution >= 0.6 is 11.8 Å². The summed E-state index contributed by atoms with van der Waals surface area (Å²) in [4.78, 5) is 22.5. The van der Waals surface area contributed by atoms with Crippen LogP contribution in [0, 0.1) is 0 Å². The maximum Gasteiger partial charge on any atom is 0.262 e. The minimum Gasteiger partial charge on any atom is -0.339 e. The lowest BCUT2D eigenvalue weighted by atomic mass is 10.2. The highest BCUT2D eigenvalue weighted by Crippen LogP contribution is 2.46. The average molecular weight is 316 g/mol. The lowest BCUT2D eigenvalue weighted by Gasteiger charge is -2.31. The zero-order chi connectivity index (χ0) is 15.4. The molecule has 0 saturated heterocycles. The molecule has 3 aliphatic rings. The standard InChI is InChI=1S/C15H13FN4OS/c1-9-18(2)11-7-10(3-4-12(11)22-9)20-14(21)8-13(16)19-6-5-17-15(19)20/h3-4,7-8H,1,5-6H2,2H3. The van der Waals surface area contributed by atoms with E-state index in [4.69, 9.17) is 0 Å². The first-order chi connectivity index (χ1) is 10.6. The summed E-state index contributed by atoms with van der Waals surface area (Å²) in [5.74, 6) is -0.599. The maximum atomic E-state index is 13.8. The number of aliphatic imine (C=N–C) groups is 1. The summed E-state index contributed by atoms with van der Waals surface area (Å²) in [7, 11) is 1.93. The summed E-state index contributed by atoms with van der Waals surface area (Å²) in [6, 6.07) is 5.71. The molecule has 3 aliphatic heterocycles. The number of amides is 1. The molecule has 0 N–H and O–H groups in total. The van der Waals surface area contributed by atoms with E-state index >= 15 is 0 Å². The van der Waals surface area contributed by atoms with Gasteiger partial charge in [0.1, 0.15) is 0 Å². The summed E-state index contributed by atoms with van der Waals surface area (Å²) in [6.45, 7) is 4.93. The van der Waals surface area contributed by atoms with Crippen molar-refractivity contribution >= 4 is 35.0 Å². The number of hydrogen-bond donors (Lipinski definition) is 0. The van der Waals surface area contributed by atoms with Crippen molar-refractivity contribution < 1.29 is 9.18 Å². The summed E-state index contributed by atoms with van der Waals surface area (Å²) < 4.78 is 13.8. The van der Waals surface area contributed by atoms with Gasteiger partial charge in [-0.1, -0.05) is 18.3 Å². The summed E-state index contributed by atoms with van der Waals surface area (Å²) in [5.41, 5.74) is 1.67. The highest BCUT2D eigenvalue weighted by Gasteiger charge is 2.36. The third kappa shape index (κ3) is 1.78. The zero-order valence-corrected chi connectivity index (χ0v) is 12.7. The zero-order valence-electron chi connectivity index (χ0n) is 11.9. The molecule has 0 aromatic heterocycles. The lowest BCUT2D eigenvalue weighted by molar-refractivity contribution is -0.113. The van der Waals surface area contributed by atoms with E-state index in [0.717, 1.165) is 21.7 Å². The second-order valence-corrected chi connectivity index (χ2v) is 6.30. The first-order valence-corrected chi connectivity index (χ1v) is 7.66. The number of thioether (sulfide) groups is 1. The molecule has 7 heteroatoms. The molecule has 0 saturated carbocycles. The normalized spacial score (nSPS) is 20.2. The molecular weight excluding hydrogens is 303 g/mol. The Labute approximate surface area is 131 Å². The lowest BCUT2D eigenvalue weighted by Crippen LogP contribution is -2.47. The topological polar surface area (TPSA) is 39.2 Å². The predicted octanol–water partition coefficient (Wildman–Crippen LogP) is 2.53. The van der Waals surface area contributed by atoms with Crippen LogP contribution in [-0.2, 0) is 4.79 Å². The van der Waals surface area contributed by atoms with Crippen molar-refractivity contribution in [2.24, 2.45) is 4.99 Å². The molecule has 0 spiro atoms. The van der Waals surface area contributed by atoms with E-state index in [1.165, 1.54) is 9.80 Å². The van der Waals surface area contributed by atoms with E-state index in [0.29, 0.717) is 24.7 Å². The number of benzene rings is 1. The van der Waals surface area contributed by atoms with E-state index in [2.05, 4.69) is 11.6 Å². The summed E-state index contributed by atoms with van der Waals surface area (Å²) in [5, 5.41) is 0.933. The number of carbonyl (C=O) groups is 1. The minimum atomic E-state index is -0.542. The number of anilines is 2. The van der Waals surface area contributed by atoms with Crippen molar-refractivity contribution in [3.05, 3.63) is 41.8 Å². The van der Waals surface area contributed by atoms with E-state index in [1.807, 2.05) is 30.1 Å². The van der Waals surface area contributed by atoms with Gasteiger partial charge in [0.15, 0.2) is 0 Å². The fraction of sp³-hybridized carbons (Fsp3) is 0.200. The van der Waals surface area contributed by atoms with Crippen LogP contribution in [0.25, 0.3) is 0 Å². The van der Waals surface area contributed by atoms with Gasteiger partial charge in [-0.3, -0.25) is 14.7 Å². The Bertz CT molecular complexity index is 773. The Morgan fingerprint density at radius 1 is 1.41 bits per heavy atom. The Balaban J connectivity index is 1.80. The van der Waals surface area contributed by atoms with Crippen LogP contribution in [0.15, 0.2) is 51.7 Å². The van der Waals surface area contributed by atoms with E-state index in [-0.39, 0.29) is 0 Å². The van der Waals surface area contributed by atoms with E-state index in [9.17, 15) is 9.18 Å². The first-order valence-electron chi connectivity index (χ1n) is 6.84. The SMILES string of the molecule is C=C1Sc2ccc(N3C(=O)C=C(F)N4CCN=C43)cc2N1C. The smallest absolute Gasteiger partial charge is 0.262 e. The minimum absolute atomic E-state index is 0.358. The third-order valence-corrected chi connectivity index (χ3v) is 4.98. The van der Waals surface area contributed by atoms with Crippen LogP contribution in [-0.4, -0.2) is 36.9 Å². The molecule has 0 radical (unpaired) electrons. The van der Waals surface area contributed by atoms with Crippen LogP contribution in [0.2, 0.25) is 0 Å². The fourth-order valence-electron chi connectivity index (χ4n) is 2.74. The van der Waals surface area contributed by atoms with Crippen molar-refractivity contribution in [1.82, 2.24) is 4.90 Å². The highest BCUT2D eigenvalue weighted by atomic mass is 32.2. The van der Waals surface area contributed by atoms with E-state index in [1.54, 1.807) is 11.8 Å². The van der Waals surface area contributed by atoms with Gasteiger partial charge in [0.25, 0.3) is 5.91 Å². The Morgan fingerprint density at radius 3 is 3.05 bits per heavy atom. The maximum absolute atomic E-state index is 13.8. The molecule has 0 bridgehead atoms. The second kappa shape index (κ2) is 4.61. The molecule has 0 unspecified atom stereocenters. The molecule has 0 fully saturated rings. The molecule has 0 aliphatic carbocycles. The van der Waals surface area contributed by atoms with Crippen LogP contribution in [0.5, 0.6) is 0 Å². The number of carbonyl (C=O) groups excluding carboxylic acids is 1. The number of hydrogen-bond acceptors (Lipinski definition) is 5. The monoisotopic (exact) mass is 316 g/mol. The van der Waals surface area contributed by atoms with Crippen LogP contribution in [0.3, 0.4) is 0 Å². The molecule has 1 aromatic rings. The highest BCUT2D eigenvalue weighted by molar-refractivity contribution is 8.03. The van der Waals surface area contributed by atoms with Crippen LogP contribution < -0.4 is 9.80 Å². The molecule has 1 aromatic carbocycles. The quantitative estimate of drug-likeness (QED) is 0.747. The molecule has 3 heterocycles. The molecule has 5 nitrogen and oxygen atoms in total. The van der Waals surface area contributed by atoms with Crippen molar-refractivity contribution in [3.8, 4) is 0 Å². The largest absolute Gasteiger partial charge is 0.339 e. The van der Waals surface area contributed by atoms with Gasteiger partial charge < -0.3 is 4.90 Å². The average Bonchev–Trinajstić information content (AvgIpc) is 3.06. The number of guanidine groups is 1. The first kappa shape index (κ1) is 13.4. The third-order valence-electron chi connectivity index (χ3n) is 3.90. The molecule has 0 atom stereocenters. The van der Waals surface area contributed by atoms with Gasteiger partial charge in [0, 0.05) is 18.5 Å². The Kier molecular flexibility index (Phi) is 2.80. The molecular formula is C15H13FN4OS. The molecule has 112 valence electrons. The van der Waals surface area contributed by atoms with Gasteiger partial charge in [-0.15, -0.1) is 0 Å². The van der Waals surface area contributed by atoms with Gasteiger partial charge in [-0.2, -0.15) is 4.39 Å². The number of rotatable bonds is 1. The second-order valence-electron chi connectivity index (χ2n) is 5.18. The van der Waals surface area contributed by atoms with Gasteiger partial charge in [0.05, 0.1) is 29.0 Å². The van der Waals surface area contributed by atoms with Crippen LogP contribution in [0.4, 0.5) is 15.8 Å². The van der Waals surface area contributed by atoms with Crippen molar-refractivity contribution in [1.29, 1.82) is 0 Å². The van der Waals surface area contributed by atoms with Gasteiger partial charge in [-0.25, -0.2) is 4.90 Å². The number of nitrogens with zero attached hydrogens (tertiary/aromatic N) is 4. The van der Waals surface area contributed by atoms with Crippen molar-refractivity contribution in [2.75, 3.05) is 29.9 Å². The predicted molar refractivity (Wildman–Crippen MR) is 85.5 cm³/mol. The Morgan fingerprint density at radius 2 is 2.23 bits per heavy atom. The Hall–Kier alpha value is -2.28. The van der Waals surface area contributed by atoms with E-state index < -0.39 is 11.9 Å². The fourth-order valence-corrected chi connectivity index (χ4v) is 3.66. The molecule has 1 amide bonds. The van der Waals surface area contributed by atoms with Crippen molar-refractivity contribution in [2.45, 2.75) is 4.90 Å². The number of fused-ring (bicyclic) bond motifs is 2. The van der Waals surface area contributed by atoms with Crippen molar-refractivity contribution in [3.63, 3.8) is 0 Å². The summed E-state index contributed by atoms with van der Waals surface area (Å²) in [6.07, 6.45) is 1.01. The van der Waals surface area contributed by atoms with Gasteiger partial charge >= 0.3 is 0 Å². The number of halogens is 1. The van der Waals surface area contributed by atoms with Gasteiger partial charge in [0.2, 0.25) is 11.9 Å². The van der Waals surface area contributed by atoms with Gasteiger partial charge in [-0.05, 0) is 18.2 Å².